The van der Waals surface area contributed by atoms with Crippen LogP contribution in [0.15, 0.2) is 109 Å². The maximum absolute atomic E-state index is 2.36. The van der Waals surface area contributed by atoms with Crippen molar-refractivity contribution in [3.63, 3.8) is 0 Å². The van der Waals surface area contributed by atoms with Crippen LogP contribution in [0.5, 0.6) is 0 Å². The molecule has 1 nitrogen and oxygen atoms in total. The van der Waals surface area contributed by atoms with E-state index in [4.69, 9.17) is 0 Å². The Bertz CT molecular complexity index is 1060. The Morgan fingerprint density at radius 2 is 0.889 bits per heavy atom. The summed E-state index contributed by atoms with van der Waals surface area (Å²) < 4.78 is 2.36. The molecule has 27 heavy (non-hydrogen) atoms. The van der Waals surface area contributed by atoms with Gasteiger partial charge in [-0.25, -0.2) is 0 Å². The Balaban J connectivity index is 0.00000180. The first-order valence-electron chi connectivity index (χ1n) is 8.90. The summed E-state index contributed by atoms with van der Waals surface area (Å²) in [5, 5.41) is 2.53. The second-order valence-corrected chi connectivity index (χ2v) is 6.45. The van der Waals surface area contributed by atoms with Gasteiger partial charge in [0.25, 0.3) is 0 Å². The molecule has 4 aromatic carbocycles. The molecule has 0 amide bonds. The number of hydrogen-bond donors (Lipinski definition) is 0. The van der Waals surface area contributed by atoms with Crippen LogP contribution in [0.1, 0.15) is 0 Å². The fourth-order valence-corrected chi connectivity index (χ4v) is 3.81. The van der Waals surface area contributed by atoms with Gasteiger partial charge in [0.1, 0.15) is 0 Å². The van der Waals surface area contributed by atoms with Gasteiger partial charge < -0.3 is 12.4 Å². The van der Waals surface area contributed by atoms with Crippen LogP contribution in [-0.2, 0) is 0 Å². The molecule has 0 fully saturated rings. The van der Waals surface area contributed by atoms with Crippen LogP contribution >= 0.6 is 0 Å². The Labute approximate surface area is 164 Å². The molecule has 5 rings (SSSR count). The van der Waals surface area contributed by atoms with Gasteiger partial charge in [0.15, 0.2) is 0 Å². The number of rotatable bonds is 2. The van der Waals surface area contributed by atoms with Crippen LogP contribution < -0.4 is 17.0 Å². The molecule has 0 unspecified atom stereocenters. The van der Waals surface area contributed by atoms with Gasteiger partial charge in [-0.2, -0.15) is 4.57 Å². The van der Waals surface area contributed by atoms with Crippen molar-refractivity contribution in [2.75, 3.05) is 0 Å². The van der Waals surface area contributed by atoms with E-state index in [9.17, 15) is 0 Å². The van der Waals surface area contributed by atoms with E-state index >= 15 is 0 Å². The minimum atomic E-state index is 0. The van der Waals surface area contributed by atoms with Gasteiger partial charge in [-0.3, -0.25) is 0 Å². The SMILES string of the molecule is [Cl-].c1ccc(-c2c3ccccc3[n+](-c3ccccc3)c3ccccc23)cc1. The molecule has 0 saturated carbocycles. The molecule has 0 radical (unpaired) electrons. The van der Waals surface area contributed by atoms with E-state index in [2.05, 4.69) is 114 Å². The van der Waals surface area contributed by atoms with E-state index in [1.54, 1.807) is 0 Å². The van der Waals surface area contributed by atoms with Crippen LogP contribution in [0.3, 0.4) is 0 Å². The minimum Gasteiger partial charge on any atom is -1.00 e. The van der Waals surface area contributed by atoms with E-state index < -0.39 is 0 Å². The lowest BCUT2D eigenvalue weighted by Crippen LogP contribution is -3.00. The minimum absolute atomic E-state index is 0. The Kier molecular flexibility index (Phi) is 4.62. The lowest BCUT2D eigenvalue weighted by molar-refractivity contribution is -0.537. The summed E-state index contributed by atoms with van der Waals surface area (Å²) >= 11 is 0. The highest BCUT2D eigenvalue weighted by molar-refractivity contribution is 6.07. The molecule has 0 aliphatic rings. The van der Waals surface area contributed by atoms with E-state index in [0.717, 1.165) is 0 Å². The predicted octanol–water partition coefficient (Wildman–Crippen LogP) is 2.94. The molecule has 0 spiro atoms. The normalized spacial score (nSPS) is 10.7. The smallest absolute Gasteiger partial charge is 0.219 e. The zero-order valence-electron chi connectivity index (χ0n) is 14.7. The summed E-state index contributed by atoms with van der Waals surface area (Å²) in [5.74, 6) is 0. The summed E-state index contributed by atoms with van der Waals surface area (Å²) in [7, 11) is 0. The lowest BCUT2D eigenvalue weighted by atomic mass is 9.95. The Hall–Kier alpha value is -3.16. The molecule has 2 heteroatoms. The highest BCUT2D eigenvalue weighted by Gasteiger charge is 2.22. The Morgan fingerprint density at radius 3 is 1.44 bits per heavy atom. The third-order valence-corrected chi connectivity index (χ3v) is 4.91. The largest absolute Gasteiger partial charge is 1.00 e. The number of nitrogens with zero attached hydrogens (tertiary/aromatic N) is 1. The van der Waals surface area contributed by atoms with Gasteiger partial charge in [-0.15, -0.1) is 0 Å². The van der Waals surface area contributed by atoms with Crippen LogP contribution in [0.4, 0.5) is 0 Å². The van der Waals surface area contributed by atoms with Gasteiger partial charge in [0.05, 0.1) is 10.8 Å². The summed E-state index contributed by atoms with van der Waals surface area (Å²) in [5.41, 5.74) is 6.16. The van der Waals surface area contributed by atoms with Crippen molar-refractivity contribution in [3.8, 4) is 16.8 Å². The second-order valence-electron chi connectivity index (χ2n) is 6.45. The van der Waals surface area contributed by atoms with Crippen LogP contribution in [0.2, 0.25) is 0 Å². The number of fused-ring (bicyclic) bond motifs is 2. The monoisotopic (exact) mass is 367 g/mol. The van der Waals surface area contributed by atoms with E-state index in [0.29, 0.717) is 0 Å². The molecular formula is C25H18ClN. The molecular weight excluding hydrogens is 350 g/mol. The van der Waals surface area contributed by atoms with Crippen molar-refractivity contribution < 1.29 is 17.0 Å². The quantitative estimate of drug-likeness (QED) is 0.333. The molecule has 0 N–H and O–H groups in total. The predicted molar refractivity (Wildman–Crippen MR) is 108 cm³/mol. The number of aromatic nitrogens is 1. The van der Waals surface area contributed by atoms with Gasteiger partial charge in [-0.1, -0.05) is 72.8 Å². The molecule has 5 aromatic rings. The van der Waals surface area contributed by atoms with Crippen LogP contribution in [0.25, 0.3) is 38.6 Å². The van der Waals surface area contributed by atoms with Gasteiger partial charge >= 0.3 is 0 Å². The fraction of sp³-hybridized carbons (Fsp3) is 0. The molecule has 0 saturated heterocycles. The van der Waals surface area contributed by atoms with Gasteiger partial charge in [0, 0.05) is 29.8 Å². The van der Waals surface area contributed by atoms with Crippen molar-refractivity contribution in [1.82, 2.24) is 0 Å². The standard InChI is InChI=1S/C25H18N.ClH/c1-3-11-19(12-4-1)25-21-15-7-9-17-23(21)26(20-13-5-2-6-14-20)24-18-10-8-16-22(24)25;/h1-18H;1H/q+1;/p-1. The molecule has 0 aliphatic heterocycles. The summed E-state index contributed by atoms with van der Waals surface area (Å²) in [6.45, 7) is 0. The van der Waals surface area contributed by atoms with E-state index in [1.165, 1.54) is 38.6 Å². The van der Waals surface area contributed by atoms with E-state index in [1.807, 2.05) is 0 Å². The fourth-order valence-electron chi connectivity index (χ4n) is 3.81. The number of halogens is 1. The van der Waals surface area contributed by atoms with Crippen molar-refractivity contribution in [2.45, 2.75) is 0 Å². The maximum Gasteiger partial charge on any atom is 0.219 e. The molecule has 0 aliphatic carbocycles. The summed E-state index contributed by atoms with van der Waals surface area (Å²) in [6, 6.07) is 38.6. The zero-order valence-corrected chi connectivity index (χ0v) is 15.5. The highest BCUT2D eigenvalue weighted by Crippen LogP contribution is 2.34. The summed E-state index contributed by atoms with van der Waals surface area (Å²) in [6.07, 6.45) is 0. The molecule has 130 valence electrons. The summed E-state index contributed by atoms with van der Waals surface area (Å²) in [4.78, 5) is 0. The molecule has 1 aromatic heterocycles. The van der Waals surface area contributed by atoms with E-state index in [-0.39, 0.29) is 12.4 Å². The number of hydrogen-bond acceptors (Lipinski definition) is 0. The van der Waals surface area contributed by atoms with Crippen molar-refractivity contribution in [3.05, 3.63) is 109 Å². The third kappa shape index (κ3) is 2.87. The highest BCUT2D eigenvalue weighted by atomic mass is 35.5. The molecule has 1 heterocycles. The van der Waals surface area contributed by atoms with Crippen LogP contribution in [-0.4, -0.2) is 0 Å². The molecule has 0 atom stereocenters. The lowest BCUT2D eigenvalue weighted by Gasteiger charge is -2.12. The first kappa shape index (κ1) is 17.3. The average molecular weight is 368 g/mol. The number of benzene rings is 4. The van der Waals surface area contributed by atoms with Gasteiger partial charge in [-0.05, 0) is 17.7 Å². The maximum atomic E-state index is 2.36. The Morgan fingerprint density at radius 1 is 0.444 bits per heavy atom. The van der Waals surface area contributed by atoms with Crippen molar-refractivity contribution >= 4 is 21.8 Å². The molecule has 0 bridgehead atoms. The second kappa shape index (κ2) is 7.22. The first-order valence-corrected chi connectivity index (χ1v) is 8.90. The third-order valence-electron chi connectivity index (χ3n) is 4.91. The number of pyridine rings is 1. The zero-order chi connectivity index (χ0) is 17.3. The van der Waals surface area contributed by atoms with Gasteiger partial charge in [0.2, 0.25) is 16.7 Å². The first-order chi connectivity index (χ1) is 12.9. The van der Waals surface area contributed by atoms with Crippen molar-refractivity contribution in [2.24, 2.45) is 0 Å². The number of para-hydroxylation sites is 3. The van der Waals surface area contributed by atoms with Crippen molar-refractivity contribution in [1.29, 1.82) is 0 Å². The average Bonchev–Trinajstić information content (AvgIpc) is 2.73. The topological polar surface area (TPSA) is 3.88 Å². The van der Waals surface area contributed by atoms with Crippen LogP contribution in [0, 0.1) is 0 Å².